The van der Waals surface area contributed by atoms with Crippen LogP contribution in [0.3, 0.4) is 0 Å². The van der Waals surface area contributed by atoms with E-state index in [0.717, 1.165) is 17.0 Å². The van der Waals surface area contributed by atoms with Gasteiger partial charge in [-0.1, -0.05) is 28.9 Å². The van der Waals surface area contributed by atoms with Crippen molar-refractivity contribution in [3.63, 3.8) is 0 Å². The second-order valence-corrected chi connectivity index (χ2v) is 4.77. The molecule has 0 saturated carbocycles. The summed E-state index contributed by atoms with van der Waals surface area (Å²) >= 11 is 5.78. The van der Waals surface area contributed by atoms with Gasteiger partial charge in [-0.2, -0.15) is 0 Å². The van der Waals surface area contributed by atoms with Crippen molar-refractivity contribution in [3.8, 4) is 0 Å². The lowest BCUT2D eigenvalue weighted by molar-refractivity contribution is -0.120. The van der Waals surface area contributed by atoms with Gasteiger partial charge in [-0.3, -0.25) is 4.79 Å². The second kappa shape index (κ2) is 6.38. The molecule has 0 atom stereocenters. The summed E-state index contributed by atoms with van der Waals surface area (Å²) in [6, 6.07) is 9.12. The van der Waals surface area contributed by atoms with E-state index in [1.165, 1.54) is 0 Å². The standard InChI is InChI=1S/C14H15ClN2O2/c1-10-8-13(19-17-10)6-7-16-14(18)9-11-2-4-12(15)5-3-11/h2-5,8H,6-7,9H2,1H3,(H,16,18). The Morgan fingerprint density at radius 3 is 2.74 bits per heavy atom. The van der Waals surface area contributed by atoms with Crippen molar-refractivity contribution in [3.05, 3.63) is 52.4 Å². The first-order valence-electron chi connectivity index (χ1n) is 6.07. The number of aromatic nitrogens is 1. The Hall–Kier alpha value is -1.81. The molecular formula is C14H15ClN2O2. The number of halogens is 1. The third-order valence-corrected chi connectivity index (χ3v) is 2.90. The molecule has 0 aliphatic heterocycles. The topological polar surface area (TPSA) is 55.1 Å². The summed E-state index contributed by atoms with van der Waals surface area (Å²) in [5.41, 5.74) is 1.79. The molecule has 0 bridgehead atoms. The molecule has 1 heterocycles. The Kier molecular flexibility index (Phi) is 4.58. The van der Waals surface area contributed by atoms with Crippen LogP contribution < -0.4 is 5.32 Å². The second-order valence-electron chi connectivity index (χ2n) is 4.34. The van der Waals surface area contributed by atoms with Crippen molar-refractivity contribution in [1.82, 2.24) is 10.5 Å². The quantitative estimate of drug-likeness (QED) is 0.914. The van der Waals surface area contributed by atoms with Crippen LogP contribution in [0.25, 0.3) is 0 Å². The van der Waals surface area contributed by atoms with Crippen LogP contribution in [0.1, 0.15) is 17.0 Å². The van der Waals surface area contributed by atoms with Crippen LogP contribution in [0, 0.1) is 6.92 Å². The van der Waals surface area contributed by atoms with Crippen LogP contribution in [0.15, 0.2) is 34.9 Å². The van der Waals surface area contributed by atoms with Gasteiger partial charge in [-0.25, -0.2) is 0 Å². The van der Waals surface area contributed by atoms with Crippen LogP contribution in [0.4, 0.5) is 0 Å². The highest BCUT2D eigenvalue weighted by molar-refractivity contribution is 6.30. The normalized spacial score (nSPS) is 10.4. The molecule has 19 heavy (non-hydrogen) atoms. The number of carbonyl (C=O) groups is 1. The van der Waals surface area contributed by atoms with Crippen molar-refractivity contribution in [2.45, 2.75) is 19.8 Å². The van der Waals surface area contributed by atoms with Gasteiger partial charge < -0.3 is 9.84 Å². The van der Waals surface area contributed by atoms with Crippen LogP contribution in [0.5, 0.6) is 0 Å². The van der Waals surface area contributed by atoms with E-state index in [-0.39, 0.29) is 5.91 Å². The Labute approximate surface area is 116 Å². The Balaban J connectivity index is 1.74. The Bertz CT molecular complexity index is 549. The zero-order chi connectivity index (χ0) is 13.7. The summed E-state index contributed by atoms with van der Waals surface area (Å²) in [7, 11) is 0. The maximum Gasteiger partial charge on any atom is 0.224 e. The van der Waals surface area contributed by atoms with Gasteiger partial charge in [0.1, 0.15) is 5.76 Å². The first kappa shape index (κ1) is 13.6. The summed E-state index contributed by atoms with van der Waals surface area (Å²) in [6.45, 7) is 2.41. The summed E-state index contributed by atoms with van der Waals surface area (Å²) in [5, 5.41) is 7.31. The predicted molar refractivity (Wildman–Crippen MR) is 73.1 cm³/mol. The lowest BCUT2D eigenvalue weighted by Crippen LogP contribution is -2.27. The lowest BCUT2D eigenvalue weighted by Gasteiger charge is -2.04. The number of amides is 1. The molecule has 0 aliphatic rings. The van der Waals surface area contributed by atoms with E-state index in [4.69, 9.17) is 16.1 Å². The molecule has 100 valence electrons. The number of nitrogens with zero attached hydrogens (tertiary/aromatic N) is 1. The van der Waals surface area contributed by atoms with Crippen molar-refractivity contribution >= 4 is 17.5 Å². The minimum absolute atomic E-state index is 0.0152. The largest absolute Gasteiger partial charge is 0.361 e. The number of rotatable bonds is 5. The summed E-state index contributed by atoms with van der Waals surface area (Å²) in [6.07, 6.45) is 1.000. The number of nitrogens with one attached hydrogen (secondary N) is 1. The van der Waals surface area contributed by atoms with Crippen molar-refractivity contribution < 1.29 is 9.32 Å². The summed E-state index contributed by atoms with van der Waals surface area (Å²) in [4.78, 5) is 11.7. The third-order valence-electron chi connectivity index (χ3n) is 2.65. The van der Waals surface area contributed by atoms with Crippen LogP contribution in [-0.2, 0) is 17.6 Å². The van der Waals surface area contributed by atoms with E-state index in [9.17, 15) is 4.79 Å². The smallest absolute Gasteiger partial charge is 0.224 e. The highest BCUT2D eigenvalue weighted by Gasteiger charge is 2.05. The SMILES string of the molecule is Cc1cc(CCNC(=O)Cc2ccc(Cl)cc2)on1. The molecule has 5 heteroatoms. The van der Waals surface area contributed by atoms with Crippen molar-refractivity contribution in [2.24, 2.45) is 0 Å². The van der Waals surface area contributed by atoms with Gasteiger partial charge in [0.25, 0.3) is 0 Å². The number of carbonyl (C=O) groups excluding carboxylic acids is 1. The highest BCUT2D eigenvalue weighted by Crippen LogP contribution is 2.09. The Morgan fingerprint density at radius 1 is 1.37 bits per heavy atom. The van der Waals surface area contributed by atoms with Gasteiger partial charge in [0, 0.05) is 24.1 Å². The van der Waals surface area contributed by atoms with Crippen LogP contribution >= 0.6 is 11.6 Å². The molecule has 0 fully saturated rings. The zero-order valence-corrected chi connectivity index (χ0v) is 11.4. The fourth-order valence-corrected chi connectivity index (χ4v) is 1.84. The maximum atomic E-state index is 11.7. The minimum atomic E-state index is -0.0152. The van der Waals surface area contributed by atoms with Gasteiger partial charge in [0.2, 0.25) is 5.91 Å². The molecule has 0 spiro atoms. The van der Waals surface area contributed by atoms with E-state index in [1.807, 2.05) is 25.1 Å². The molecule has 4 nitrogen and oxygen atoms in total. The predicted octanol–water partition coefficient (Wildman–Crippen LogP) is 2.54. The average molecular weight is 279 g/mol. The molecule has 1 N–H and O–H groups in total. The summed E-state index contributed by atoms with van der Waals surface area (Å²) in [5.74, 6) is 0.767. The fourth-order valence-electron chi connectivity index (χ4n) is 1.71. The first-order chi connectivity index (χ1) is 9.13. The van der Waals surface area contributed by atoms with E-state index < -0.39 is 0 Å². The van der Waals surface area contributed by atoms with Gasteiger partial charge >= 0.3 is 0 Å². The molecule has 2 rings (SSSR count). The Morgan fingerprint density at radius 2 is 2.11 bits per heavy atom. The van der Waals surface area contributed by atoms with Crippen LogP contribution in [0.2, 0.25) is 5.02 Å². The average Bonchev–Trinajstić information content (AvgIpc) is 2.78. The third kappa shape index (κ3) is 4.41. The zero-order valence-electron chi connectivity index (χ0n) is 10.6. The van der Waals surface area contributed by atoms with Crippen molar-refractivity contribution in [2.75, 3.05) is 6.54 Å². The number of benzene rings is 1. The van der Waals surface area contributed by atoms with E-state index in [2.05, 4.69) is 10.5 Å². The first-order valence-corrected chi connectivity index (χ1v) is 6.44. The van der Waals surface area contributed by atoms with E-state index >= 15 is 0 Å². The lowest BCUT2D eigenvalue weighted by atomic mass is 10.1. The highest BCUT2D eigenvalue weighted by atomic mass is 35.5. The molecular weight excluding hydrogens is 264 g/mol. The fraction of sp³-hybridized carbons (Fsp3) is 0.286. The van der Waals surface area contributed by atoms with E-state index in [0.29, 0.717) is 24.4 Å². The molecule has 1 aromatic heterocycles. The molecule has 0 radical (unpaired) electrons. The van der Waals surface area contributed by atoms with Crippen molar-refractivity contribution in [1.29, 1.82) is 0 Å². The maximum absolute atomic E-state index is 11.7. The molecule has 1 aromatic carbocycles. The number of hydrogen-bond donors (Lipinski definition) is 1. The van der Waals surface area contributed by atoms with Gasteiger partial charge in [-0.05, 0) is 24.6 Å². The number of hydrogen-bond acceptors (Lipinski definition) is 3. The molecule has 0 unspecified atom stereocenters. The molecule has 1 amide bonds. The van der Waals surface area contributed by atoms with E-state index in [1.54, 1.807) is 12.1 Å². The van der Waals surface area contributed by atoms with Gasteiger partial charge in [0.05, 0.1) is 12.1 Å². The monoisotopic (exact) mass is 278 g/mol. The van der Waals surface area contributed by atoms with Crippen LogP contribution in [-0.4, -0.2) is 17.6 Å². The van der Waals surface area contributed by atoms with Gasteiger partial charge in [-0.15, -0.1) is 0 Å². The molecule has 0 saturated heterocycles. The minimum Gasteiger partial charge on any atom is -0.361 e. The molecule has 2 aromatic rings. The summed E-state index contributed by atoms with van der Waals surface area (Å²) < 4.78 is 5.06. The van der Waals surface area contributed by atoms with Gasteiger partial charge in [0.15, 0.2) is 0 Å². The number of aryl methyl sites for hydroxylation is 1. The molecule has 0 aliphatic carbocycles.